The smallest absolute Gasteiger partial charge is 0.387 e. The minimum absolute atomic E-state index is 0.0426. The third-order valence-corrected chi connectivity index (χ3v) is 3.40. The molecule has 0 aromatic heterocycles. The first-order chi connectivity index (χ1) is 12.8. The molecule has 6 nitrogen and oxygen atoms in total. The Hall–Kier alpha value is -3.23. The number of rotatable bonds is 7. The zero-order valence-electron chi connectivity index (χ0n) is 14.4. The van der Waals surface area contributed by atoms with Crippen LogP contribution in [0.15, 0.2) is 42.5 Å². The maximum atomic E-state index is 13.6. The SMILES string of the molecule is COc1cc(C(=O)O[C@@H](C)C(=O)Nc2ccccc2F)ccc1OC(F)F. The van der Waals surface area contributed by atoms with E-state index < -0.39 is 30.4 Å². The van der Waals surface area contributed by atoms with Crippen molar-refractivity contribution in [2.45, 2.75) is 19.6 Å². The van der Waals surface area contributed by atoms with Gasteiger partial charge in [0.15, 0.2) is 17.6 Å². The first-order valence-electron chi connectivity index (χ1n) is 7.71. The third-order valence-electron chi connectivity index (χ3n) is 3.40. The lowest BCUT2D eigenvalue weighted by molar-refractivity contribution is -0.123. The van der Waals surface area contributed by atoms with E-state index in [0.29, 0.717) is 0 Å². The number of methoxy groups -OCH3 is 1. The van der Waals surface area contributed by atoms with Crippen LogP contribution in [-0.4, -0.2) is 31.7 Å². The number of amides is 1. The van der Waals surface area contributed by atoms with Gasteiger partial charge in [0.05, 0.1) is 18.4 Å². The van der Waals surface area contributed by atoms with Crippen molar-refractivity contribution in [2.24, 2.45) is 0 Å². The predicted octanol–water partition coefficient (Wildman–Crippen LogP) is 3.62. The summed E-state index contributed by atoms with van der Waals surface area (Å²) in [4.78, 5) is 24.2. The molecule has 27 heavy (non-hydrogen) atoms. The van der Waals surface area contributed by atoms with Crippen molar-refractivity contribution >= 4 is 17.6 Å². The summed E-state index contributed by atoms with van der Waals surface area (Å²) in [5.41, 5.74) is -0.0976. The number of anilines is 1. The lowest BCUT2D eigenvalue weighted by Crippen LogP contribution is -2.30. The molecule has 2 aromatic rings. The molecule has 0 radical (unpaired) electrons. The first-order valence-corrected chi connectivity index (χ1v) is 7.71. The fourth-order valence-corrected chi connectivity index (χ4v) is 2.07. The third kappa shape index (κ3) is 5.37. The average molecular weight is 383 g/mol. The highest BCUT2D eigenvalue weighted by atomic mass is 19.3. The number of alkyl halides is 2. The van der Waals surface area contributed by atoms with Gasteiger partial charge in [-0.2, -0.15) is 8.78 Å². The fourth-order valence-electron chi connectivity index (χ4n) is 2.07. The average Bonchev–Trinajstić information content (AvgIpc) is 2.63. The number of hydrogen-bond donors (Lipinski definition) is 1. The Morgan fingerprint density at radius 3 is 2.41 bits per heavy atom. The van der Waals surface area contributed by atoms with E-state index in [1.54, 1.807) is 0 Å². The molecule has 0 saturated heterocycles. The first kappa shape index (κ1) is 20.1. The molecule has 9 heteroatoms. The summed E-state index contributed by atoms with van der Waals surface area (Å²) in [5, 5.41) is 2.30. The van der Waals surface area contributed by atoms with Gasteiger partial charge in [-0.3, -0.25) is 4.79 Å². The summed E-state index contributed by atoms with van der Waals surface area (Å²) in [6.07, 6.45) is -1.24. The molecule has 0 aliphatic heterocycles. The van der Waals surface area contributed by atoms with Gasteiger partial charge in [-0.1, -0.05) is 12.1 Å². The van der Waals surface area contributed by atoms with E-state index in [4.69, 9.17) is 9.47 Å². The van der Waals surface area contributed by atoms with E-state index in [1.165, 1.54) is 44.4 Å². The van der Waals surface area contributed by atoms with Gasteiger partial charge in [0, 0.05) is 0 Å². The van der Waals surface area contributed by atoms with Crippen LogP contribution in [0.1, 0.15) is 17.3 Å². The number of esters is 1. The molecule has 0 saturated carbocycles. The highest BCUT2D eigenvalue weighted by Gasteiger charge is 2.21. The van der Waals surface area contributed by atoms with Crippen molar-refractivity contribution in [3.8, 4) is 11.5 Å². The van der Waals surface area contributed by atoms with Crippen LogP contribution in [0.5, 0.6) is 11.5 Å². The maximum Gasteiger partial charge on any atom is 0.387 e. The van der Waals surface area contributed by atoms with Gasteiger partial charge in [0.1, 0.15) is 5.82 Å². The van der Waals surface area contributed by atoms with Gasteiger partial charge in [-0.05, 0) is 37.3 Å². The van der Waals surface area contributed by atoms with Gasteiger partial charge in [-0.25, -0.2) is 9.18 Å². The van der Waals surface area contributed by atoms with E-state index in [1.807, 2.05) is 0 Å². The number of para-hydroxylation sites is 1. The number of ether oxygens (including phenoxy) is 3. The second-order valence-electron chi connectivity index (χ2n) is 5.26. The molecule has 0 bridgehead atoms. The van der Waals surface area contributed by atoms with Crippen LogP contribution in [-0.2, 0) is 9.53 Å². The number of carbonyl (C=O) groups is 2. The van der Waals surface area contributed by atoms with Crippen molar-refractivity contribution in [3.63, 3.8) is 0 Å². The molecule has 0 aliphatic carbocycles. The molecule has 1 N–H and O–H groups in total. The van der Waals surface area contributed by atoms with Crippen LogP contribution >= 0.6 is 0 Å². The van der Waals surface area contributed by atoms with Crippen LogP contribution in [0, 0.1) is 5.82 Å². The van der Waals surface area contributed by atoms with Gasteiger partial charge >= 0.3 is 12.6 Å². The van der Waals surface area contributed by atoms with Crippen molar-refractivity contribution < 1.29 is 37.0 Å². The van der Waals surface area contributed by atoms with Crippen LogP contribution < -0.4 is 14.8 Å². The van der Waals surface area contributed by atoms with Crippen molar-refractivity contribution in [1.29, 1.82) is 0 Å². The summed E-state index contributed by atoms with van der Waals surface area (Å²) in [6.45, 7) is -1.75. The summed E-state index contributed by atoms with van der Waals surface area (Å²) < 4.78 is 52.4. The molecular formula is C18H16F3NO5. The molecule has 0 aliphatic rings. The Bertz CT molecular complexity index is 828. The Balaban J connectivity index is 2.05. The minimum atomic E-state index is -3.06. The van der Waals surface area contributed by atoms with Crippen LogP contribution in [0.4, 0.5) is 18.9 Å². The van der Waals surface area contributed by atoms with Gasteiger partial charge < -0.3 is 19.5 Å². The molecule has 1 atom stereocenters. The number of hydrogen-bond acceptors (Lipinski definition) is 5. The fraction of sp³-hybridized carbons (Fsp3) is 0.222. The van der Waals surface area contributed by atoms with Crippen molar-refractivity contribution in [3.05, 3.63) is 53.8 Å². The molecule has 144 valence electrons. The summed E-state index contributed by atoms with van der Waals surface area (Å²) in [5.74, 6) is -2.63. The van der Waals surface area contributed by atoms with E-state index in [2.05, 4.69) is 10.1 Å². The molecule has 0 heterocycles. The zero-order valence-corrected chi connectivity index (χ0v) is 14.4. The molecule has 0 unspecified atom stereocenters. The molecular weight excluding hydrogens is 367 g/mol. The number of benzene rings is 2. The molecule has 0 spiro atoms. The highest BCUT2D eigenvalue weighted by molar-refractivity contribution is 5.97. The van der Waals surface area contributed by atoms with Gasteiger partial charge in [0.2, 0.25) is 0 Å². The Morgan fingerprint density at radius 1 is 1.07 bits per heavy atom. The number of halogens is 3. The second kappa shape index (κ2) is 8.93. The Kier molecular flexibility index (Phi) is 6.64. The Labute approximate surface area is 152 Å². The number of nitrogens with one attached hydrogen (secondary N) is 1. The highest BCUT2D eigenvalue weighted by Crippen LogP contribution is 2.29. The molecule has 2 rings (SSSR count). The standard InChI is InChI=1S/C18H16F3NO5/c1-10(16(23)22-13-6-4-3-5-12(13)19)26-17(24)11-7-8-14(27-18(20)21)15(9-11)25-2/h3-10,18H,1-2H3,(H,22,23)/t10-/m0/s1. The van der Waals surface area contributed by atoms with Crippen molar-refractivity contribution in [2.75, 3.05) is 12.4 Å². The molecule has 1 amide bonds. The summed E-state index contributed by atoms with van der Waals surface area (Å²) in [6, 6.07) is 8.96. The minimum Gasteiger partial charge on any atom is -0.493 e. The lowest BCUT2D eigenvalue weighted by atomic mass is 10.2. The van der Waals surface area contributed by atoms with E-state index in [-0.39, 0.29) is 22.7 Å². The Morgan fingerprint density at radius 2 is 1.78 bits per heavy atom. The lowest BCUT2D eigenvalue weighted by Gasteiger charge is -2.15. The van der Waals surface area contributed by atoms with Crippen LogP contribution in [0.25, 0.3) is 0 Å². The van der Waals surface area contributed by atoms with Crippen molar-refractivity contribution in [1.82, 2.24) is 0 Å². The maximum absolute atomic E-state index is 13.6. The molecule has 2 aromatic carbocycles. The van der Waals surface area contributed by atoms with Gasteiger partial charge in [-0.15, -0.1) is 0 Å². The summed E-state index contributed by atoms with van der Waals surface area (Å²) >= 11 is 0. The normalized spacial score (nSPS) is 11.6. The summed E-state index contributed by atoms with van der Waals surface area (Å²) in [7, 11) is 1.22. The zero-order chi connectivity index (χ0) is 20.0. The number of carbonyl (C=O) groups excluding carboxylic acids is 2. The van der Waals surface area contributed by atoms with Crippen LogP contribution in [0.3, 0.4) is 0 Å². The van der Waals surface area contributed by atoms with E-state index in [9.17, 15) is 22.8 Å². The monoisotopic (exact) mass is 383 g/mol. The largest absolute Gasteiger partial charge is 0.493 e. The second-order valence-corrected chi connectivity index (χ2v) is 5.26. The van der Waals surface area contributed by atoms with E-state index in [0.717, 1.165) is 12.1 Å². The van der Waals surface area contributed by atoms with Gasteiger partial charge in [0.25, 0.3) is 5.91 Å². The van der Waals surface area contributed by atoms with Crippen LogP contribution in [0.2, 0.25) is 0 Å². The topological polar surface area (TPSA) is 73.9 Å². The molecule has 0 fully saturated rings. The van der Waals surface area contributed by atoms with E-state index >= 15 is 0 Å². The quantitative estimate of drug-likeness (QED) is 0.740. The predicted molar refractivity (Wildman–Crippen MR) is 89.5 cm³/mol.